The van der Waals surface area contributed by atoms with E-state index in [1.165, 1.54) is 18.5 Å². The molecule has 0 aliphatic heterocycles. The molecule has 5 aromatic rings. The highest BCUT2D eigenvalue weighted by Crippen LogP contribution is 2.32. The van der Waals surface area contributed by atoms with Crippen LogP contribution in [0.15, 0.2) is 67.3 Å². The molecule has 36 heavy (non-hydrogen) atoms. The first-order valence-electron chi connectivity index (χ1n) is 11.9. The first-order valence-corrected chi connectivity index (χ1v) is 11.9. The van der Waals surface area contributed by atoms with Gasteiger partial charge in [-0.25, -0.2) is 13.9 Å². The minimum Gasteiger partial charge on any atom is -0.488 e. The first-order chi connectivity index (χ1) is 17.5. The number of hydrogen-bond donors (Lipinski definition) is 3. The molecule has 1 saturated carbocycles. The number of hydrogen-bond acceptors (Lipinski definition) is 7. The largest absolute Gasteiger partial charge is 0.488 e. The summed E-state index contributed by atoms with van der Waals surface area (Å²) in [6.45, 7) is 0.479. The number of aliphatic hydroxyl groups excluding tert-OH is 1. The zero-order valence-corrected chi connectivity index (χ0v) is 19.5. The van der Waals surface area contributed by atoms with Crippen molar-refractivity contribution in [2.45, 2.75) is 44.1 Å². The molecule has 0 spiro atoms. The van der Waals surface area contributed by atoms with Crippen LogP contribution in [-0.2, 0) is 6.54 Å². The highest BCUT2D eigenvalue weighted by Gasteiger charge is 2.28. The number of halogens is 1. The fourth-order valence-corrected chi connectivity index (χ4v) is 4.78. The van der Waals surface area contributed by atoms with E-state index in [1.54, 1.807) is 16.8 Å². The summed E-state index contributed by atoms with van der Waals surface area (Å²) in [6.07, 6.45) is 6.49. The van der Waals surface area contributed by atoms with Gasteiger partial charge in [0, 0.05) is 35.8 Å². The Balaban J connectivity index is 1.25. The predicted molar refractivity (Wildman–Crippen MR) is 134 cm³/mol. The Morgan fingerprint density at radius 2 is 2.06 bits per heavy atom. The van der Waals surface area contributed by atoms with Crippen molar-refractivity contribution in [2.24, 2.45) is 5.73 Å². The van der Waals surface area contributed by atoms with Crippen molar-refractivity contribution in [1.82, 2.24) is 24.4 Å². The van der Waals surface area contributed by atoms with E-state index in [2.05, 4.69) is 20.5 Å². The van der Waals surface area contributed by atoms with Gasteiger partial charge in [0.2, 0.25) is 0 Å². The third-order valence-electron chi connectivity index (χ3n) is 6.65. The van der Waals surface area contributed by atoms with Gasteiger partial charge in [-0.2, -0.15) is 10.2 Å². The van der Waals surface area contributed by atoms with E-state index in [1.807, 2.05) is 41.2 Å². The van der Waals surface area contributed by atoms with E-state index in [0.717, 1.165) is 34.1 Å². The highest BCUT2D eigenvalue weighted by molar-refractivity contribution is 5.86. The minimum atomic E-state index is -0.482. The molecule has 1 fully saturated rings. The number of anilines is 2. The summed E-state index contributed by atoms with van der Waals surface area (Å²) in [5, 5.41) is 23.1. The van der Waals surface area contributed by atoms with E-state index in [9.17, 15) is 9.50 Å². The SMILES string of the molecule is NC1CC(Oc2ccn3ncnc(Nc4ccc5c(cnn5Cc5cccc(F)c5)c4)c23)CC[C@@H]1O. The zero-order valence-electron chi connectivity index (χ0n) is 19.5. The molecule has 0 amide bonds. The van der Waals surface area contributed by atoms with Gasteiger partial charge in [0.05, 0.1) is 24.4 Å². The number of nitrogens with zero attached hydrogens (tertiary/aromatic N) is 5. The van der Waals surface area contributed by atoms with Gasteiger partial charge < -0.3 is 20.9 Å². The Hall–Kier alpha value is -4.02. The van der Waals surface area contributed by atoms with E-state index >= 15 is 0 Å². The Labute approximate surface area is 206 Å². The van der Waals surface area contributed by atoms with E-state index in [0.29, 0.717) is 31.0 Å². The second kappa shape index (κ2) is 9.21. The summed E-state index contributed by atoms with van der Waals surface area (Å²) in [5.74, 6) is 1.01. The zero-order chi connectivity index (χ0) is 24.6. The third kappa shape index (κ3) is 4.36. The van der Waals surface area contributed by atoms with Crippen molar-refractivity contribution in [1.29, 1.82) is 0 Å². The van der Waals surface area contributed by atoms with Gasteiger partial charge in [-0.15, -0.1) is 0 Å². The van der Waals surface area contributed by atoms with Crippen molar-refractivity contribution >= 4 is 27.9 Å². The van der Waals surface area contributed by atoms with Crippen LogP contribution in [0, 0.1) is 5.82 Å². The molecule has 3 heterocycles. The van der Waals surface area contributed by atoms with E-state index in [-0.39, 0.29) is 18.0 Å². The van der Waals surface area contributed by atoms with Gasteiger partial charge >= 0.3 is 0 Å². The molecule has 0 saturated heterocycles. The lowest BCUT2D eigenvalue weighted by Crippen LogP contribution is -2.43. The fraction of sp³-hybridized carbons (Fsp3) is 0.269. The molecule has 1 aliphatic carbocycles. The van der Waals surface area contributed by atoms with Crippen LogP contribution in [0.3, 0.4) is 0 Å². The van der Waals surface area contributed by atoms with Gasteiger partial charge in [0.1, 0.15) is 23.8 Å². The number of nitrogens with one attached hydrogen (secondary N) is 1. The number of rotatable bonds is 6. The average molecular weight is 488 g/mol. The Morgan fingerprint density at radius 1 is 1.14 bits per heavy atom. The van der Waals surface area contributed by atoms with Crippen LogP contribution in [0.25, 0.3) is 16.4 Å². The van der Waals surface area contributed by atoms with E-state index in [4.69, 9.17) is 10.5 Å². The molecule has 0 bridgehead atoms. The lowest BCUT2D eigenvalue weighted by Gasteiger charge is -2.31. The second-order valence-corrected chi connectivity index (χ2v) is 9.20. The highest BCUT2D eigenvalue weighted by atomic mass is 19.1. The van der Waals surface area contributed by atoms with Crippen LogP contribution < -0.4 is 15.8 Å². The number of aliphatic hydroxyl groups is 1. The molecule has 1 aliphatic rings. The summed E-state index contributed by atoms with van der Waals surface area (Å²) >= 11 is 0. The number of benzene rings is 2. The molecule has 4 N–H and O–H groups in total. The molecular formula is C26H26FN7O2. The van der Waals surface area contributed by atoms with Crippen LogP contribution >= 0.6 is 0 Å². The normalized spacial score (nSPS) is 20.1. The number of aromatic nitrogens is 5. The molecule has 9 nitrogen and oxygen atoms in total. The molecule has 3 atom stereocenters. The Bertz CT molecular complexity index is 1530. The van der Waals surface area contributed by atoms with Gasteiger partial charge in [-0.05, 0) is 48.7 Å². The smallest absolute Gasteiger partial charge is 0.162 e. The number of nitrogens with two attached hydrogens (primary N) is 1. The molecule has 3 aromatic heterocycles. The van der Waals surface area contributed by atoms with Crippen LogP contribution in [0.5, 0.6) is 5.75 Å². The molecule has 2 unspecified atom stereocenters. The van der Waals surface area contributed by atoms with Crippen LogP contribution in [0.2, 0.25) is 0 Å². The molecular weight excluding hydrogens is 461 g/mol. The summed E-state index contributed by atoms with van der Waals surface area (Å²) in [5.41, 5.74) is 9.39. The topological polar surface area (TPSA) is 116 Å². The predicted octanol–water partition coefficient (Wildman–Crippen LogP) is 3.63. The standard InChI is InChI=1S/C26H26FN7O2/c27-18-3-1-2-16(10-18)14-34-22-6-4-19(11-17(22)13-30-34)32-26-25-24(8-9-33(25)31-15-29-26)36-20-5-7-23(35)21(28)12-20/h1-4,6,8-11,13,15,20-21,23,35H,5,7,12,14,28H2,(H,29,31,32)/t20?,21?,23-/m0/s1. The van der Waals surface area contributed by atoms with Crippen molar-refractivity contribution < 1.29 is 14.2 Å². The molecule has 0 radical (unpaired) electrons. The monoisotopic (exact) mass is 487 g/mol. The molecule has 6 rings (SSSR count). The quantitative estimate of drug-likeness (QED) is 0.335. The summed E-state index contributed by atoms with van der Waals surface area (Å²) in [6, 6.07) is 14.0. The minimum absolute atomic E-state index is 0.0806. The van der Waals surface area contributed by atoms with Crippen LogP contribution in [-0.4, -0.2) is 47.7 Å². The lowest BCUT2D eigenvalue weighted by molar-refractivity contribution is 0.0499. The van der Waals surface area contributed by atoms with Crippen molar-refractivity contribution in [3.8, 4) is 5.75 Å². The second-order valence-electron chi connectivity index (χ2n) is 9.20. The van der Waals surface area contributed by atoms with Gasteiger partial charge in [0.15, 0.2) is 11.6 Å². The van der Waals surface area contributed by atoms with Gasteiger partial charge in [0.25, 0.3) is 0 Å². The number of ether oxygens (including phenoxy) is 1. The number of fused-ring (bicyclic) bond motifs is 2. The van der Waals surface area contributed by atoms with Crippen LogP contribution in [0.4, 0.5) is 15.9 Å². The molecule has 184 valence electrons. The summed E-state index contributed by atoms with van der Waals surface area (Å²) in [7, 11) is 0. The van der Waals surface area contributed by atoms with Crippen molar-refractivity contribution in [3.05, 3.63) is 78.6 Å². The maximum Gasteiger partial charge on any atom is 0.162 e. The first kappa shape index (κ1) is 22.4. The third-order valence-corrected chi connectivity index (χ3v) is 6.65. The maximum absolute atomic E-state index is 13.6. The fourth-order valence-electron chi connectivity index (χ4n) is 4.78. The Kier molecular flexibility index (Phi) is 5.74. The lowest BCUT2D eigenvalue weighted by atomic mass is 9.91. The van der Waals surface area contributed by atoms with Gasteiger partial charge in [-0.3, -0.25) is 4.68 Å². The van der Waals surface area contributed by atoms with Gasteiger partial charge in [-0.1, -0.05) is 12.1 Å². The van der Waals surface area contributed by atoms with E-state index < -0.39 is 6.10 Å². The Morgan fingerprint density at radius 3 is 2.92 bits per heavy atom. The van der Waals surface area contributed by atoms with Crippen molar-refractivity contribution in [2.75, 3.05) is 5.32 Å². The van der Waals surface area contributed by atoms with Crippen molar-refractivity contribution in [3.63, 3.8) is 0 Å². The maximum atomic E-state index is 13.6. The average Bonchev–Trinajstić information content (AvgIpc) is 3.46. The summed E-state index contributed by atoms with van der Waals surface area (Å²) < 4.78 is 23.4. The summed E-state index contributed by atoms with van der Waals surface area (Å²) in [4.78, 5) is 4.46. The molecule has 2 aromatic carbocycles. The van der Waals surface area contributed by atoms with Crippen LogP contribution in [0.1, 0.15) is 24.8 Å². The molecule has 10 heteroatoms.